The second kappa shape index (κ2) is 5.02. The Labute approximate surface area is 106 Å². The summed E-state index contributed by atoms with van der Waals surface area (Å²) in [4.78, 5) is 19.3. The van der Waals surface area contributed by atoms with Gasteiger partial charge < -0.3 is 4.74 Å². The van der Waals surface area contributed by atoms with Gasteiger partial charge in [-0.25, -0.2) is 9.78 Å². The summed E-state index contributed by atoms with van der Waals surface area (Å²) in [6.07, 6.45) is 4.32. The van der Waals surface area contributed by atoms with Crippen LogP contribution in [0.2, 0.25) is 0 Å². The maximum atomic E-state index is 11.6. The minimum atomic E-state index is -0.505. The first-order valence-corrected chi connectivity index (χ1v) is 5.57. The van der Waals surface area contributed by atoms with Gasteiger partial charge in [-0.15, -0.1) is 0 Å². The van der Waals surface area contributed by atoms with Crippen LogP contribution in [0.5, 0.6) is 5.75 Å². The van der Waals surface area contributed by atoms with Crippen molar-refractivity contribution in [3.05, 3.63) is 52.1 Å². The first-order chi connectivity index (χ1) is 7.75. The van der Waals surface area contributed by atoms with E-state index in [1.54, 1.807) is 12.1 Å². The van der Waals surface area contributed by atoms with Crippen molar-refractivity contribution in [3.8, 4) is 5.75 Å². The summed E-state index contributed by atoms with van der Waals surface area (Å²) in [5.41, 5.74) is 0.196. The van der Waals surface area contributed by atoms with Crippen LogP contribution in [0.1, 0.15) is 10.5 Å². The molecule has 2 aromatic rings. The van der Waals surface area contributed by atoms with E-state index in [1.165, 1.54) is 18.6 Å². The fraction of sp³-hybridized carbons (Fsp3) is 0. The van der Waals surface area contributed by atoms with Gasteiger partial charge in [0.1, 0.15) is 5.75 Å². The molecule has 0 atom stereocenters. The van der Waals surface area contributed by atoms with E-state index in [0.717, 1.165) is 3.57 Å². The fourth-order valence-electron chi connectivity index (χ4n) is 1.09. The van der Waals surface area contributed by atoms with Crippen molar-refractivity contribution in [2.75, 3.05) is 0 Å². The highest BCUT2D eigenvalue weighted by molar-refractivity contribution is 14.1. The molecule has 80 valence electrons. The lowest BCUT2D eigenvalue weighted by molar-refractivity contribution is 0.0728. The number of esters is 1. The molecule has 0 fully saturated rings. The number of hydrogen-bond donors (Lipinski definition) is 0. The highest BCUT2D eigenvalue weighted by Gasteiger charge is 2.09. The van der Waals surface area contributed by atoms with E-state index in [2.05, 4.69) is 32.6 Å². The molecular weight excluding hydrogens is 319 g/mol. The monoisotopic (exact) mass is 326 g/mol. The number of aromatic nitrogens is 2. The van der Waals surface area contributed by atoms with Crippen molar-refractivity contribution in [2.45, 2.75) is 0 Å². The number of halogens is 1. The number of carbonyl (C=O) groups excluding carboxylic acids is 1. The molecule has 0 amide bonds. The van der Waals surface area contributed by atoms with Crippen LogP contribution in [0, 0.1) is 3.57 Å². The van der Waals surface area contributed by atoms with E-state index < -0.39 is 5.97 Å². The van der Waals surface area contributed by atoms with Gasteiger partial charge in [-0.05, 0) is 40.8 Å². The molecule has 1 aromatic heterocycles. The summed E-state index contributed by atoms with van der Waals surface area (Å²) in [7, 11) is 0. The molecule has 16 heavy (non-hydrogen) atoms. The number of hydrogen-bond acceptors (Lipinski definition) is 4. The van der Waals surface area contributed by atoms with Gasteiger partial charge in [-0.2, -0.15) is 0 Å². The second-order valence-corrected chi connectivity index (χ2v) is 4.18. The summed E-state index contributed by atoms with van der Waals surface area (Å²) in [6, 6.07) is 7.23. The highest BCUT2D eigenvalue weighted by atomic mass is 127. The molecule has 2 rings (SSSR count). The van der Waals surface area contributed by atoms with Gasteiger partial charge in [0.15, 0.2) is 5.69 Å². The van der Waals surface area contributed by atoms with Crippen molar-refractivity contribution in [1.29, 1.82) is 0 Å². The highest BCUT2D eigenvalue weighted by Crippen LogP contribution is 2.15. The Morgan fingerprint density at radius 1 is 1.31 bits per heavy atom. The predicted octanol–water partition coefficient (Wildman–Crippen LogP) is 2.30. The fourth-order valence-corrected chi connectivity index (χ4v) is 1.61. The Kier molecular flexibility index (Phi) is 3.45. The maximum absolute atomic E-state index is 11.6. The average Bonchev–Trinajstić information content (AvgIpc) is 2.30. The topological polar surface area (TPSA) is 52.1 Å². The van der Waals surface area contributed by atoms with Crippen LogP contribution in [-0.4, -0.2) is 15.9 Å². The first-order valence-electron chi connectivity index (χ1n) is 4.49. The van der Waals surface area contributed by atoms with Gasteiger partial charge in [-0.3, -0.25) is 4.98 Å². The van der Waals surface area contributed by atoms with Gasteiger partial charge in [-0.1, -0.05) is 6.07 Å². The molecule has 0 aliphatic heterocycles. The molecule has 0 spiro atoms. The SMILES string of the molecule is O=C(Oc1cccc(I)c1)c1cnccn1. The van der Waals surface area contributed by atoms with Crippen molar-refractivity contribution in [3.63, 3.8) is 0 Å². The molecule has 0 unspecified atom stereocenters. The number of nitrogens with zero attached hydrogens (tertiary/aromatic N) is 2. The molecule has 0 saturated heterocycles. The molecule has 0 aliphatic carbocycles. The summed E-state index contributed by atoms with van der Waals surface area (Å²) in [5, 5.41) is 0. The van der Waals surface area contributed by atoms with Gasteiger partial charge in [0.25, 0.3) is 0 Å². The summed E-state index contributed by atoms with van der Waals surface area (Å²) in [5.74, 6) is -0.00217. The van der Waals surface area contributed by atoms with Crippen LogP contribution < -0.4 is 4.74 Å². The van der Waals surface area contributed by atoms with Crippen molar-refractivity contribution < 1.29 is 9.53 Å². The third kappa shape index (κ3) is 2.75. The Morgan fingerprint density at radius 2 is 2.19 bits per heavy atom. The van der Waals surface area contributed by atoms with Gasteiger partial charge in [0, 0.05) is 16.0 Å². The third-order valence-corrected chi connectivity index (χ3v) is 2.45. The number of ether oxygens (including phenoxy) is 1. The quantitative estimate of drug-likeness (QED) is 0.483. The van der Waals surface area contributed by atoms with Crippen LogP contribution in [0.4, 0.5) is 0 Å². The lowest BCUT2D eigenvalue weighted by Gasteiger charge is -2.03. The molecule has 1 heterocycles. The zero-order valence-corrected chi connectivity index (χ0v) is 10.3. The molecular formula is C11H7IN2O2. The largest absolute Gasteiger partial charge is 0.422 e. The normalized spacial score (nSPS) is 9.81. The van der Waals surface area contributed by atoms with Crippen molar-refractivity contribution in [1.82, 2.24) is 9.97 Å². The molecule has 0 aliphatic rings. The van der Waals surface area contributed by atoms with Gasteiger partial charge in [0.05, 0.1) is 6.20 Å². The Hall–Kier alpha value is -1.50. The van der Waals surface area contributed by atoms with E-state index in [0.29, 0.717) is 5.75 Å². The zero-order chi connectivity index (χ0) is 11.4. The van der Waals surface area contributed by atoms with Crippen LogP contribution in [-0.2, 0) is 0 Å². The van der Waals surface area contributed by atoms with Gasteiger partial charge in [0.2, 0.25) is 0 Å². The van der Waals surface area contributed by atoms with E-state index >= 15 is 0 Å². The smallest absolute Gasteiger partial charge is 0.363 e. The average molecular weight is 326 g/mol. The van der Waals surface area contributed by atoms with E-state index in [4.69, 9.17) is 4.74 Å². The number of rotatable bonds is 2. The first kappa shape index (κ1) is 11.0. The number of benzene rings is 1. The van der Waals surface area contributed by atoms with Crippen LogP contribution in [0.15, 0.2) is 42.9 Å². The molecule has 0 radical (unpaired) electrons. The maximum Gasteiger partial charge on any atom is 0.363 e. The van der Waals surface area contributed by atoms with Crippen molar-refractivity contribution in [2.24, 2.45) is 0 Å². The molecule has 0 bridgehead atoms. The van der Waals surface area contributed by atoms with E-state index in [1.807, 2.05) is 12.1 Å². The Bertz CT molecular complexity index is 502. The molecule has 5 heteroatoms. The second-order valence-electron chi connectivity index (χ2n) is 2.94. The van der Waals surface area contributed by atoms with Gasteiger partial charge >= 0.3 is 5.97 Å². The van der Waals surface area contributed by atoms with Crippen LogP contribution in [0.25, 0.3) is 0 Å². The Morgan fingerprint density at radius 3 is 2.88 bits per heavy atom. The lowest BCUT2D eigenvalue weighted by atomic mass is 10.3. The molecule has 0 N–H and O–H groups in total. The molecule has 0 saturated carbocycles. The van der Waals surface area contributed by atoms with Crippen molar-refractivity contribution >= 4 is 28.6 Å². The van der Waals surface area contributed by atoms with Crippen LogP contribution >= 0.6 is 22.6 Å². The minimum absolute atomic E-state index is 0.196. The van der Waals surface area contributed by atoms with E-state index in [-0.39, 0.29) is 5.69 Å². The van der Waals surface area contributed by atoms with E-state index in [9.17, 15) is 4.79 Å². The third-order valence-electron chi connectivity index (χ3n) is 1.78. The zero-order valence-electron chi connectivity index (χ0n) is 8.13. The Balaban J connectivity index is 2.14. The minimum Gasteiger partial charge on any atom is -0.422 e. The summed E-state index contributed by atoms with van der Waals surface area (Å²) in [6.45, 7) is 0. The summed E-state index contributed by atoms with van der Waals surface area (Å²) >= 11 is 2.15. The summed E-state index contributed by atoms with van der Waals surface area (Å²) < 4.78 is 6.14. The molecule has 4 nitrogen and oxygen atoms in total. The molecule has 1 aromatic carbocycles. The number of carbonyl (C=O) groups is 1. The van der Waals surface area contributed by atoms with Crippen LogP contribution in [0.3, 0.4) is 0 Å². The predicted molar refractivity (Wildman–Crippen MR) is 66.1 cm³/mol. The lowest BCUT2D eigenvalue weighted by Crippen LogP contribution is -2.10. The standard InChI is InChI=1S/C11H7IN2O2/c12-8-2-1-3-9(6-8)16-11(15)10-7-13-4-5-14-10/h1-7H.